The highest BCUT2D eigenvalue weighted by Crippen LogP contribution is 2.17. The molecule has 0 saturated heterocycles. The van der Waals surface area contributed by atoms with Gasteiger partial charge in [0.2, 0.25) is 0 Å². The molecule has 0 fully saturated rings. The van der Waals surface area contributed by atoms with Crippen LogP contribution in [0.3, 0.4) is 0 Å². The van der Waals surface area contributed by atoms with Crippen LogP contribution in [0.15, 0.2) is 42.9 Å². The van der Waals surface area contributed by atoms with Crippen molar-refractivity contribution in [2.24, 2.45) is 5.73 Å². The molecule has 84 valence electrons. The molecule has 0 spiro atoms. The Bertz CT molecular complexity index is 644. The van der Waals surface area contributed by atoms with Crippen molar-refractivity contribution in [3.63, 3.8) is 0 Å². The van der Waals surface area contributed by atoms with Crippen molar-refractivity contribution in [3.8, 4) is 11.4 Å². The van der Waals surface area contributed by atoms with Crippen LogP contribution in [0.4, 0.5) is 0 Å². The van der Waals surface area contributed by atoms with Gasteiger partial charge in [0.1, 0.15) is 0 Å². The predicted octanol–water partition coefficient (Wildman–Crippen LogP) is 1.25. The van der Waals surface area contributed by atoms with Gasteiger partial charge in [-0.3, -0.25) is 9.38 Å². The Morgan fingerprint density at radius 2 is 2.18 bits per heavy atom. The van der Waals surface area contributed by atoms with E-state index in [0.717, 1.165) is 22.6 Å². The minimum absolute atomic E-state index is 0.506. The van der Waals surface area contributed by atoms with Gasteiger partial charge in [-0.1, -0.05) is 0 Å². The van der Waals surface area contributed by atoms with Gasteiger partial charge in [-0.05, 0) is 29.8 Å². The van der Waals surface area contributed by atoms with Crippen molar-refractivity contribution in [2.75, 3.05) is 0 Å². The third-order valence-corrected chi connectivity index (χ3v) is 2.63. The number of nitrogens with zero attached hydrogens (tertiary/aromatic N) is 4. The highest BCUT2D eigenvalue weighted by Gasteiger charge is 2.07. The number of aromatic nitrogens is 4. The molecule has 0 unspecified atom stereocenters. The summed E-state index contributed by atoms with van der Waals surface area (Å²) in [7, 11) is 0. The van der Waals surface area contributed by atoms with Crippen LogP contribution in [0.5, 0.6) is 0 Å². The lowest BCUT2D eigenvalue weighted by Gasteiger charge is -2.00. The maximum atomic E-state index is 5.59. The quantitative estimate of drug-likeness (QED) is 0.712. The lowest BCUT2D eigenvalue weighted by Crippen LogP contribution is -1.97. The molecule has 0 radical (unpaired) electrons. The molecule has 2 N–H and O–H groups in total. The van der Waals surface area contributed by atoms with Crippen LogP contribution in [0, 0.1) is 0 Å². The topological polar surface area (TPSA) is 69.1 Å². The first-order valence-corrected chi connectivity index (χ1v) is 5.32. The molecular formula is C12H11N5. The van der Waals surface area contributed by atoms with Crippen LogP contribution in [0.2, 0.25) is 0 Å². The molecule has 0 atom stereocenters. The summed E-state index contributed by atoms with van der Waals surface area (Å²) in [5.74, 6) is 0.789. The van der Waals surface area contributed by atoms with Crippen LogP contribution < -0.4 is 5.73 Å². The molecule has 0 saturated carbocycles. The van der Waals surface area contributed by atoms with Crippen molar-refractivity contribution in [3.05, 3.63) is 48.4 Å². The van der Waals surface area contributed by atoms with Gasteiger partial charge in [0.25, 0.3) is 0 Å². The largest absolute Gasteiger partial charge is 0.326 e. The second-order valence-corrected chi connectivity index (χ2v) is 3.73. The van der Waals surface area contributed by atoms with Crippen LogP contribution in [-0.2, 0) is 6.54 Å². The normalized spacial score (nSPS) is 10.9. The molecule has 0 aliphatic heterocycles. The highest BCUT2D eigenvalue weighted by atomic mass is 15.2. The van der Waals surface area contributed by atoms with Gasteiger partial charge < -0.3 is 5.73 Å². The Hall–Kier alpha value is -2.27. The summed E-state index contributed by atoms with van der Waals surface area (Å²) in [6, 6.07) is 7.74. The van der Waals surface area contributed by atoms with Gasteiger partial charge in [-0.2, -0.15) is 0 Å². The Balaban J connectivity index is 2.19. The van der Waals surface area contributed by atoms with Crippen molar-refractivity contribution in [1.29, 1.82) is 0 Å². The summed E-state index contributed by atoms with van der Waals surface area (Å²) in [4.78, 5) is 4.08. The highest BCUT2D eigenvalue weighted by molar-refractivity contribution is 5.58. The van der Waals surface area contributed by atoms with E-state index >= 15 is 0 Å². The van der Waals surface area contributed by atoms with Crippen molar-refractivity contribution in [1.82, 2.24) is 19.6 Å². The SMILES string of the molecule is NCc1ccn2c(-c3cccnc3)nnc2c1. The number of hydrogen-bond acceptors (Lipinski definition) is 4. The van der Waals surface area contributed by atoms with Gasteiger partial charge in [0.15, 0.2) is 11.5 Å². The van der Waals surface area contributed by atoms with Gasteiger partial charge in [-0.25, -0.2) is 0 Å². The molecule has 3 rings (SSSR count). The number of rotatable bonds is 2. The van der Waals surface area contributed by atoms with Crippen molar-refractivity contribution in [2.45, 2.75) is 6.54 Å². The molecule has 0 aliphatic rings. The van der Waals surface area contributed by atoms with Gasteiger partial charge in [0.05, 0.1) is 0 Å². The van der Waals surface area contributed by atoms with Crippen molar-refractivity contribution < 1.29 is 0 Å². The van der Waals surface area contributed by atoms with E-state index in [4.69, 9.17) is 5.73 Å². The van der Waals surface area contributed by atoms with Gasteiger partial charge in [-0.15, -0.1) is 10.2 Å². The first kappa shape index (κ1) is 9.92. The average Bonchev–Trinajstić information content (AvgIpc) is 2.82. The first-order valence-electron chi connectivity index (χ1n) is 5.32. The molecule has 3 heterocycles. The van der Waals surface area contributed by atoms with Crippen LogP contribution in [0.25, 0.3) is 17.0 Å². The zero-order valence-corrected chi connectivity index (χ0v) is 9.11. The van der Waals surface area contributed by atoms with Crippen molar-refractivity contribution >= 4 is 5.65 Å². The number of hydrogen-bond donors (Lipinski definition) is 1. The minimum Gasteiger partial charge on any atom is -0.326 e. The fourth-order valence-corrected chi connectivity index (χ4v) is 1.75. The van der Waals surface area contributed by atoms with Crippen LogP contribution in [0.1, 0.15) is 5.56 Å². The Morgan fingerprint density at radius 3 is 2.94 bits per heavy atom. The number of pyridine rings is 2. The van der Waals surface area contributed by atoms with E-state index in [-0.39, 0.29) is 0 Å². The predicted molar refractivity (Wildman–Crippen MR) is 64.1 cm³/mol. The van der Waals surface area contributed by atoms with Gasteiger partial charge in [0, 0.05) is 30.7 Å². The number of nitrogens with two attached hydrogens (primary N) is 1. The van der Waals surface area contributed by atoms with E-state index in [9.17, 15) is 0 Å². The monoisotopic (exact) mass is 225 g/mol. The lowest BCUT2D eigenvalue weighted by molar-refractivity contribution is 1.05. The summed E-state index contributed by atoms with van der Waals surface area (Å²) in [6.45, 7) is 0.506. The average molecular weight is 225 g/mol. The summed E-state index contributed by atoms with van der Waals surface area (Å²) in [5.41, 5.74) is 8.38. The molecule has 0 amide bonds. The number of fused-ring (bicyclic) bond motifs is 1. The van der Waals surface area contributed by atoms with E-state index in [1.54, 1.807) is 12.4 Å². The maximum Gasteiger partial charge on any atom is 0.169 e. The Kier molecular flexibility index (Phi) is 2.31. The Labute approximate surface area is 97.9 Å². The van der Waals surface area contributed by atoms with E-state index in [0.29, 0.717) is 6.54 Å². The Morgan fingerprint density at radius 1 is 1.24 bits per heavy atom. The second kappa shape index (κ2) is 3.95. The molecule has 0 aromatic carbocycles. The fraction of sp³-hybridized carbons (Fsp3) is 0.0833. The zero-order chi connectivity index (χ0) is 11.7. The van der Waals surface area contributed by atoms with E-state index in [1.807, 2.05) is 34.9 Å². The van der Waals surface area contributed by atoms with E-state index < -0.39 is 0 Å². The molecular weight excluding hydrogens is 214 g/mol. The maximum absolute atomic E-state index is 5.59. The van der Waals surface area contributed by atoms with E-state index in [2.05, 4.69) is 15.2 Å². The first-order chi connectivity index (χ1) is 8.38. The molecule has 5 heteroatoms. The second-order valence-electron chi connectivity index (χ2n) is 3.73. The molecule has 3 aromatic rings. The smallest absolute Gasteiger partial charge is 0.169 e. The fourth-order valence-electron chi connectivity index (χ4n) is 1.75. The van der Waals surface area contributed by atoms with E-state index in [1.165, 1.54) is 0 Å². The third-order valence-electron chi connectivity index (χ3n) is 2.63. The zero-order valence-electron chi connectivity index (χ0n) is 9.11. The summed E-state index contributed by atoms with van der Waals surface area (Å²) < 4.78 is 1.93. The molecule has 0 bridgehead atoms. The molecule has 0 aliphatic carbocycles. The standard InChI is InChI=1S/C12H11N5/c13-7-9-3-5-17-11(6-9)15-16-12(17)10-2-1-4-14-8-10/h1-6,8H,7,13H2. The summed E-state index contributed by atoms with van der Waals surface area (Å²) in [6.07, 6.45) is 5.44. The van der Waals surface area contributed by atoms with Gasteiger partial charge >= 0.3 is 0 Å². The van der Waals surface area contributed by atoms with Crippen LogP contribution in [-0.4, -0.2) is 19.6 Å². The molecule has 5 nitrogen and oxygen atoms in total. The molecule has 3 aromatic heterocycles. The summed E-state index contributed by atoms with van der Waals surface area (Å²) >= 11 is 0. The third kappa shape index (κ3) is 1.66. The summed E-state index contributed by atoms with van der Waals surface area (Å²) in [5, 5.41) is 8.31. The lowest BCUT2D eigenvalue weighted by atomic mass is 10.2. The van der Waals surface area contributed by atoms with Crippen LogP contribution >= 0.6 is 0 Å². The molecule has 17 heavy (non-hydrogen) atoms. The minimum atomic E-state index is 0.506.